The monoisotopic (exact) mass is 193 g/mol. The number of ether oxygens (including phenoxy) is 1. The van der Waals surface area contributed by atoms with Gasteiger partial charge in [0.2, 0.25) is 0 Å². The number of aryl methyl sites for hydroxylation is 1. The quantitative estimate of drug-likeness (QED) is 0.739. The third-order valence-electron chi connectivity index (χ3n) is 2.70. The van der Waals surface area contributed by atoms with Crippen molar-refractivity contribution >= 4 is 0 Å². The smallest absolute Gasteiger partial charge is 0.185 e. The standard InChI is InChI=1S/C11H15NO2/c1-7-6-9(13)8(2)11(12-7)10-4-3-5-14-10/h6,10H,3-5H2,1-2H3,(H,12,13). The van der Waals surface area contributed by atoms with Crippen molar-refractivity contribution in [2.75, 3.05) is 6.61 Å². The summed E-state index contributed by atoms with van der Waals surface area (Å²) < 4.78 is 5.56. The highest BCUT2D eigenvalue weighted by Crippen LogP contribution is 2.28. The van der Waals surface area contributed by atoms with Gasteiger partial charge in [-0.05, 0) is 26.7 Å². The molecule has 0 aromatic carbocycles. The van der Waals surface area contributed by atoms with Crippen molar-refractivity contribution in [2.45, 2.75) is 32.8 Å². The largest absolute Gasteiger partial charge is 0.372 e. The van der Waals surface area contributed by atoms with Gasteiger partial charge in [-0.1, -0.05) is 0 Å². The number of aromatic amines is 1. The Morgan fingerprint density at radius 3 is 2.93 bits per heavy atom. The van der Waals surface area contributed by atoms with Crippen LogP contribution >= 0.6 is 0 Å². The molecule has 1 aromatic rings. The average molecular weight is 193 g/mol. The van der Waals surface area contributed by atoms with Gasteiger partial charge in [-0.3, -0.25) is 4.79 Å². The summed E-state index contributed by atoms with van der Waals surface area (Å²) in [5.74, 6) is 0. The van der Waals surface area contributed by atoms with E-state index in [1.165, 1.54) is 0 Å². The van der Waals surface area contributed by atoms with Gasteiger partial charge in [0.25, 0.3) is 0 Å². The van der Waals surface area contributed by atoms with Gasteiger partial charge in [0.15, 0.2) is 5.43 Å². The Hall–Kier alpha value is -1.09. The molecule has 1 aromatic heterocycles. The van der Waals surface area contributed by atoms with Crippen LogP contribution in [0.15, 0.2) is 10.9 Å². The molecule has 1 saturated heterocycles. The highest BCUT2D eigenvalue weighted by Gasteiger charge is 2.21. The van der Waals surface area contributed by atoms with Gasteiger partial charge in [0, 0.05) is 23.9 Å². The van der Waals surface area contributed by atoms with Gasteiger partial charge in [-0.25, -0.2) is 0 Å². The summed E-state index contributed by atoms with van der Waals surface area (Å²) in [6.07, 6.45) is 2.20. The molecule has 0 saturated carbocycles. The van der Waals surface area contributed by atoms with Crippen molar-refractivity contribution in [1.82, 2.24) is 4.98 Å². The maximum absolute atomic E-state index is 11.5. The minimum atomic E-state index is 0.0996. The van der Waals surface area contributed by atoms with Crippen LogP contribution in [0.1, 0.15) is 35.9 Å². The summed E-state index contributed by atoms with van der Waals surface area (Å²) in [5, 5.41) is 0. The van der Waals surface area contributed by atoms with E-state index in [0.717, 1.165) is 36.4 Å². The first kappa shape index (κ1) is 9.46. The Morgan fingerprint density at radius 2 is 2.29 bits per heavy atom. The fraction of sp³-hybridized carbons (Fsp3) is 0.545. The molecule has 0 aliphatic carbocycles. The molecule has 0 spiro atoms. The maximum atomic E-state index is 11.5. The molecule has 3 heteroatoms. The van der Waals surface area contributed by atoms with Crippen molar-refractivity contribution in [3.63, 3.8) is 0 Å². The van der Waals surface area contributed by atoms with Crippen molar-refractivity contribution in [3.05, 3.63) is 33.2 Å². The van der Waals surface area contributed by atoms with Gasteiger partial charge in [0.1, 0.15) is 0 Å². The zero-order valence-corrected chi connectivity index (χ0v) is 8.59. The number of rotatable bonds is 1. The number of H-pyrrole nitrogens is 1. The molecule has 3 nitrogen and oxygen atoms in total. The third-order valence-corrected chi connectivity index (χ3v) is 2.70. The highest BCUT2D eigenvalue weighted by atomic mass is 16.5. The number of pyridine rings is 1. The summed E-state index contributed by atoms with van der Waals surface area (Å²) in [5.41, 5.74) is 2.77. The van der Waals surface area contributed by atoms with E-state index in [9.17, 15) is 4.79 Å². The topological polar surface area (TPSA) is 42.1 Å². The fourth-order valence-corrected chi connectivity index (χ4v) is 1.91. The van der Waals surface area contributed by atoms with Crippen LogP contribution in [-0.4, -0.2) is 11.6 Å². The zero-order chi connectivity index (χ0) is 10.1. The van der Waals surface area contributed by atoms with E-state index in [1.54, 1.807) is 6.07 Å². The lowest BCUT2D eigenvalue weighted by atomic mass is 10.1. The molecule has 14 heavy (non-hydrogen) atoms. The molecular formula is C11H15NO2. The minimum Gasteiger partial charge on any atom is -0.372 e. The van der Waals surface area contributed by atoms with E-state index in [4.69, 9.17) is 4.74 Å². The Kier molecular flexibility index (Phi) is 2.42. The SMILES string of the molecule is Cc1cc(=O)c(C)c(C2CCCO2)[nH]1. The summed E-state index contributed by atoms with van der Waals surface area (Å²) in [7, 11) is 0. The van der Waals surface area contributed by atoms with Crippen LogP contribution in [-0.2, 0) is 4.74 Å². The number of hydrogen-bond donors (Lipinski definition) is 1. The fourth-order valence-electron chi connectivity index (χ4n) is 1.91. The molecule has 1 aliphatic heterocycles. The molecule has 2 rings (SSSR count). The molecule has 0 radical (unpaired) electrons. The van der Waals surface area contributed by atoms with E-state index in [-0.39, 0.29) is 11.5 Å². The van der Waals surface area contributed by atoms with Crippen LogP contribution in [0.5, 0.6) is 0 Å². The Balaban J connectivity index is 2.45. The van der Waals surface area contributed by atoms with Crippen molar-refractivity contribution in [1.29, 1.82) is 0 Å². The minimum absolute atomic E-state index is 0.0996. The molecular weight excluding hydrogens is 178 g/mol. The normalized spacial score (nSPS) is 21.4. The molecule has 1 N–H and O–H groups in total. The van der Waals surface area contributed by atoms with Crippen molar-refractivity contribution < 1.29 is 4.74 Å². The predicted octanol–water partition coefficient (Wildman–Crippen LogP) is 1.84. The first-order valence-electron chi connectivity index (χ1n) is 5.00. The Bertz CT molecular complexity index is 389. The van der Waals surface area contributed by atoms with Gasteiger partial charge < -0.3 is 9.72 Å². The highest BCUT2D eigenvalue weighted by molar-refractivity contribution is 5.23. The zero-order valence-electron chi connectivity index (χ0n) is 8.59. The second-order valence-corrected chi connectivity index (χ2v) is 3.86. The molecule has 1 aliphatic rings. The first-order valence-corrected chi connectivity index (χ1v) is 5.00. The lowest BCUT2D eigenvalue weighted by molar-refractivity contribution is 0.108. The van der Waals surface area contributed by atoms with E-state index in [2.05, 4.69) is 4.98 Å². The summed E-state index contributed by atoms with van der Waals surface area (Å²) in [4.78, 5) is 14.8. The summed E-state index contributed by atoms with van der Waals surface area (Å²) >= 11 is 0. The average Bonchev–Trinajstić information content (AvgIpc) is 2.63. The van der Waals surface area contributed by atoms with Crippen LogP contribution in [0.2, 0.25) is 0 Å². The molecule has 76 valence electrons. The van der Waals surface area contributed by atoms with Crippen molar-refractivity contribution in [3.8, 4) is 0 Å². The third kappa shape index (κ3) is 1.60. The van der Waals surface area contributed by atoms with Gasteiger partial charge >= 0.3 is 0 Å². The van der Waals surface area contributed by atoms with E-state index in [0.29, 0.717) is 0 Å². The number of nitrogens with one attached hydrogen (secondary N) is 1. The van der Waals surface area contributed by atoms with Crippen molar-refractivity contribution in [2.24, 2.45) is 0 Å². The summed E-state index contributed by atoms with van der Waals surface area (Å²) in [6.45, 7) is 4.56. The second-order valence-electron chi connectivity index (χ2n) is 3.86. The maximum Gasteiger partial charge on any atom is 0.185 e. The van der Waals surface area contributed by atoms with Gasteiger partial charge in [0.05, 0.1) is 11.8 Å². The molecule has 0 amide bonds. The molecule has 2 heterocycles. The van der Waals surface area contributed by atoms with E-state index in [1.807, 2.05) is 13.8 Å². The number of aromatic nitrogens is 1. The Morgan fingerprint density at radius 1 is 1.50 bits per heavy atom. The van der Waals surface area contributed by atoms with Gasteiger partial charge in [-0.2, -0.15) is 0 Å². The van der Waals surface area contributed by atoms with E-state index < -0.39 is 0 Å². The van der Waals surface area contributed by atoms with Crippen LogP contribution in [0.3, 0.4) is 0 Å². The molecule has 1 fully saturated rings. The number of hydrogen-bond acceptors (Lipinski definition) is 2. The van der Waals surface area contributed by atoms with Crippen LogP contribution in [0.4, 0.5) is 0 Å². The molecule has 0 bridgehead atoms. The van der Waals surface area contributed by atoms with Crippen LogP contribution < -0.4 is 5.43 Å². The lowest BCUT2D eigenvalue weighted by Gasteiger charge is -2.13. The second kappa shape index (κ2) is 3.58. The predicted molar refractivity (Wildman–Crippen MR) is 54.5 cm³/mol. The lowest BCUT2D eigenvalue weighted by Crippen LogP contribution is -2.14. The first-order chi connectivity index (χ1) is 6.68. The van der Waals surface area contributed by atoms with E-state index >= 15 is 0 Å². The van der Waals surface area contributed by atoms with Crippen LogP contribution in [0, 0.1) is 13.8 Å². The van der Waals surface area contributed by atoms with Crippen LogP contribution in [0.25, 0.3) is 0 Å². The summed E-state index contributed by atoms with van der Waals surface area (Å²) in [6, 6.07) is 1.63. The van der Waals surface area contributed by atoms with Gasteiger partial charge in [-0.15, -0.1) is 0 Å². The molecule has 1 atom stereocenters. The Labute approximate surface area is 83.1 Å². The molecule has 1 unspecified atom stereocenters.